The Morgan fingerprint density at radius 1 is 1.27 bits per heavy atom. The van der Waals surface area contributed by atoms with Crippen LogP contribution in [0.5, 0.6) is 0 Å². The number of likely N-dealkylation sites (tertiary alicyclic amines) is 2. The molecule has 1 N–H and O–H groups in total. The first-order valence-electron chi connectivity index (χ1n) is 8.10. The van der Waals surface area contributed by atoms with E-state index in [-0.39, 0.29) is 11.7 Å². The third kappa shape index (κ3) is 3.65. The molecule has 0 unspecified atom stereocenters. The van der Waals surface area contributed by atoms with E-state index in [2.05, 4.69) is 22.2 Å². The highest BCUT2D eigenvalue weighted by molar-refractivity contribution is 5.90. The van der Waals surface area contributed by atoms with E-state index in [1.165, 1.54) is 31.5 Å². The van der Waals surface area contributed by atoms with Gasteiger partial charge in [-0.05, 0) is 63.2 Å². The summed E-state index contributed by atoms with van der Waals surface area (Å²) in [7, 11) is 2.17. The second-order valence-electron chi connectivity index (χ2n) is 6.51. The molecule has 0 aromatic heterocycles. The summed E-state index contributed by atoms with van der Waals surface area (Å²) in [6.07, 6.45) is 3.03. The van der Waals surface area contributed by atoms with Crippen molar-refractivity contribution in [1.82, 2.24) is 9.80 Å². The van der Waals surface area contributed by atoms with Crippen molar-refractivity contribution < 1.29 is 9.18 Å². The molecule has 22 heavy (non-hydrogen) atoms. The van der Waals surface area contributed by atoms with E-state index < -0.39 is 0 Å². The second kappa shape index (κ2) is 6.75. The van der Waals surface area contributed by atoms with E-state index in [9.17, 15) is 9.18 Å². The predicted octanol–water partition coefficient (Wildman–Crippen LogP) is 2.18. The molecular weight excluding hydrogens is 281 g/mol. The van der Waals surface area contributed by atoms with Crippen molar-refractivity contribution in [2.45, 2.75) is 25.3 Å². The number of rotatable bonds is 4. The fourth-order valence-corrected chi connectivity index (χ4v) is 3.67. The van der Waals surface area contributed by atoms with Gasteiger partial charge in [0.2, 0.25) is 5.91 Å². The average Bonchev–Trinajstić information content (AvgIpc) is 2.90. The normalized spacial score (nSPS) is 25.9. The summed E-state index contributed by atoms with van der Waals surface area (Å²) in [4.78, 5) is 16.9. The van der Waals surface area contributed by atoms with Crippen molar-refractivity contribution in [1.29, 1.82) is 0 Å². The Morgan fingerprint density at radius 2 is 2.00 bits per heavy atom. The molecule has 1 amide bonds. The van der Waals surface area contributed by atoms with Gasteiger partial charge < -0.3 is 10.2 Å². The number of carbonyl (C=O) groups is 1. The smallest absolute Gasteiger partial charge is 0.225 e. The number of fused-ring (bicyclic) bond motifs is 1. The molecule has 2 saturated heterocycles. The Bertz CT molecular complexity index is 519. The van der Waals surface area contributed by atoms with Gasteiger partial charge in [0.15, 0.2) is 0 Å². The molecule has 3 rings (SSSR count). The number of likely N-dealkylation sites (N-methyl/N-ethyl adjacent to an activating group) is 1. The molecule has 0 bridgehead atoms. The van der Waals surface area contributed by atoms with E-state index in [0.717, 1.165) is 25.6 Å². The van der Waals surface area contributed by atoms with Gasteiger partial charge in [0.1, 0.15) is 5.82 Å². The zero-order chi connectivity index (χ0) is 15.5. The fourth-order valence-electron chi connectivity index (χ4n) is 3.67. The lowest BCUT2D eigenvalue weighted by Gasteiger charge is -2.36. The van der Waals surface area contributed by atoms with Gasteiger partial charge in [-0.15, -0.1) is 0 Å². The molecule has 2 fully saturated rings. The molecule has 5 heteroatoms. The average molecular weight is 305 g/mol. The van der Waals surface area contributed by atoms with Crippen LogP contribution in [0.1, 0.15) is 19.3 Å². The van der Waals surface area contributed by atoms with Crippen LogP contribution in [0.4, 0.5) is 10.1 Å². The van der Waals surface area contributed by atoms with Gasteiger partial charge in [-0.25, -0.2) is 4.39 Å². The van der Waals surface area contributed by atoms with E-state index in [0.29, 0.717) is 18.2 Å². The van der Waals surface area contributed by atoms with Gasteiger partial charge >= 0.3 is 0 Å². The van der Waals surface area contributed by atoms with Gasteiger partial charge in [0.05, 0.1) is 0 Å². The van der Waals surface area contributed by atoms with Crippen molar-refractivity contribution in [2.75, 3.05) is 38.5 Å². The number of carbonyl (C=O) groups excluding carboxylic acids is 1. The minimum Gasteiger partial charge on any atom is -0.326 e. The Kier molecular flexibility index (Phi) is 4.74. The minimum atomic E-state index is -0.289. The Labute approximate surface area is 131 Å². The molecule has 1 aromatic rings. The maximum Gasteiger partial charge on any atom is 0.225 e. The monoisotopic (exact) mass is 305 g/mol. The first kappa shape index (κ1) is 15.4. The SMILES string of the molecule is CN1CC[C@H]2CCN(CCC(=O)Nc3ccc(F)cc3)[C@H]2C1. The molecule has 0 saturated carbocycles. The maximum absolute atomic E-state index is 12.8. The molecule has 0 radical (unpaired) electrons. The summed E-state index contributed by atoms with van der Waals surface area (Å²) >= 11 is 0. The van der Waals surface area contributed by atoms with Crippen LogP contribution in [0.15, 0.2) is 24.3 Å². The van der Waals surface area contributed by atoms with Gasteiger partial charge in [-0.2, -0.15) is 0 Å². The summed E-state index contributed by atoms with van der Waals surface area (Å²) in [6, 6.07) is 6.51. The number of piperidine rings is 1. The number of nitrogens with one attached hydrogen (secondary N) is 1. The quantitative estimate of drug-likeness (QED) is 0.926. The van der Waals surface area contributed by atoms with Crippen molar-refractivity contribution in [3.05, 3.63) is 30.1 Å². The number of hydrogen-bond acceptors (Lipinski definition) is 3. The van der Waals surface area contributed by atoms with Crippen molar-refractivity contribution in [2.24, 2.45) is 5.92 Å². The molecule has 1 aromatic carbocycles. The fraction of sp³-hybridized carbons (Fsp3) is 0.588. The highest BCUT2D eigenvalue weighted by Gasteiger charge is 2.37. The third-order valence-electron chi connectivity index (χ3n) is 4.93. The van der Waals surface area contributed by atoms with Gasteiger partial charge in [-0.1, -0.05) is 0 Å². The first-order valence-corrected chi connectivity index (χ1v) is 8.10. The summed E-state index contributed by atoms with van der Waals surface area (Å²) in [5, 5.41) is 2.83. The first-order chi connectivity index (χ1) is 10.6. The van der Waals surface area contributed by atoms with E-state index >= 15 is 0 Å². The molecular formula is C17H24FN3O. The molecule has 0 spiro atoms. The van der Waals surface area contributed by atoms with Crippen molar-refractivity contribution >= 4 is 11.6 Å². The molecule has 0 aliphatic carbocycles. The van der Waals surface area contributed by atoms with Crippen LogP contribution in [-0.2, 0) is 4.79 Å². The maximum atomic E-state index is 12.8. The minimum absolute atomic E-state index is 0.000720. The zero-order valence-electron chi connectivity index (χ0n) is 13.1. The number of nitrogens with zero attached hydrogens (tertiary/aromatic N) is 2. The lowest BCUT2D eigenvalue weighted by Crippen LogP contribution is -2.47. The summed E-state index contributed by atoms with van der Waals surface area (Å²) < 4.78 is 12.8. The van der Waals surface area contributed by atoms with Gasteiger partial charge in [0, 0.05) is 31.2 Å². The number of benzene rings is 1. The summed E-state index contributed by atoms with van der Waals surface area (Å²) in [6.45, 7) is 4.22. The van der Waals surface area contributed by atoms with Gasteiger partial charge in [0.25, 0.3) is 0 Å². The topological polar surface area (TPSA) is 35.6 Å². The van der Waals surface area contributed by atoms with Crippen LogP contribution < -0.4 is 5.32 Å². The standard InChI is InChI=1S/C17H24FN3O/c1-20-9-6-13-7-10-21(16(13)12-20)11-8-17(22)19-15-4-2-14(18)3-5-15/h2-5,13,16H,6-12H2,1H3,(H,19,22)/t13-,16-/m0/s1. The Hall–Kier alpha value is -1.46. The van der Waals surface area contributed by atoms with Crippen LogP contribution in [0, 0.1) is 11.7 Å². The Morgan fingerprint density at radius 3 is 2.77 bits per heavy atom. The second-order valence-corrected chi connectivity index (χ2v) is 6.51. The van der Waals surface area contributed by atoms with E-state index in [1.807, 2.05) is 0 Å². The van der Waals surface area contributed by atoms with Crippen molar-refractivity contribution in [3.63, 3.8) is 0 Å². The van der Waals surface area contributed by atoms with E-state index in [4.69, 9.17) is 0 Å². The number of hydrogen-bond donors (Lipinski definition) is 1. The van der Waals surface area contributed by atoms with Crippen LogP contribution in [0.2, 0.25) is 0 Å². The molecule has 2 heterocycles. The van der Waals surface area contributed by atoms with Crippen LogP contribution in [-0.4, -0.2) is 55.0 Å². The number of amides is 1. The van der Waals surface area contributed by atoms with E-state index in [1.54, 1.807) is 12.1 Å². The zero-order valence-corrected chi connectivity index (χ0v) is 13.1. The number of halogens is 1. The van der Waals surface area contributed by atoms with Crippen LogP contribution in [0.25, 0.3) is 0 Å². The summed E-state index contributed by atoms with van der Waals surface area (Å²) in [5.74, 6) is 0.512. The molecule has 2 aliphatic rings. The van der Waals surface area contributed by atoms with Crippen LogP contribution in [0.3, 0.4) is 0 Å². The molecule has 120 valence electrons. The molecule has 2 aliphatic heterocycles. The summed E-state index contributed by atoms with van der Waals surface area (Å²) in [5.41, 5.74) is 0.656. The largest absolute Gasteiger partial charge is 0.326 e. The third-order valence-corrected chi connectivity index (χ3v) is 4.93. The van der Waals surface area contributed by atoms with Crippen LogP contribution >= 0.6 is 0 Å². The lowest BCUT2D eigenvalue weighted by atomic mass is 9.92. The Balaban J connectivity index is 1.47. The molecule has 2 atom stereocenters. The highest BCUT2D eigenvalue weighted by Crippen LogP contribution is 2.31. The van der Waals surface area contributed by atoms with Crippen molar-refractivity contribution in [3.8, 4) is 0 Å². The predicted molar refractivity (Wildman–Crippen MR) is 85.2 cm³/mol. The molecule has 4 nitrogen and oxygen atoms in total. The highest BCUT2D eigenvalue weighted by atomic mass is 19.1. The number of anilines is 1. The van der Waals surface area contributed by atoms with Gasteiger partial charge in [-0.3, -0.25) is 9.69 Å². The lowest BCUT2D eigenvalue weighted by molar-refractivity contribution is -0.116.